The van der Waals surface area contributed by atoms with Gasteiger partial charge < -0.3 is 10.6 Å². The maximum absolute atomic E-state index is 13.3. The van der Waals surface area contributed by atoms with Crippen LogP contribution in [0.15, 0.2) is 36.4 Å². The van der Waals surface area contributed by atoms with Crippen LogP contribution in [-0.4, -0.2) is 29.9 Å². The normalized spacial score (nSPS) is 17.1. The van der Waals surface area contributed by atoms with E-state index in [-0.39, 0.29) is 29.9 Å². The fourth-order valence-electron chi connectivity index (χ4n) is 2.90. The lowest BCUT2D eigenvalue weighted by Crippen LogP contribution is -2.45. The number of carbonyl (C=O) groups excluding carboxylic acids is 1. The number of benzene rings is 2. The largest absolute Gasteiger partial charge is 0.337 e. The Morgan fingerprint density at radius 3 is 2.20 bits per heavy atom. The number of rotatable bonds is 2. The van der Waals surface area contributed by atoms with E-state index in [1.807, 2.05) is 0 Å². The van der Waals surface area contributed by atoms with Gasteiger partial charge in [0.1, 0.15) is 0 Å². The molecule has 3 rings (SSSR count). The smallest absolute Gasteiger partial charge is 0.253 e. The molecule has 1 atom stereocenters. The second kappa shape index (κ2) is 7.89. The molecule has 1 aliphatic rings. The van der Waals surface area contributed by atoms with Crippen LogP contribution in [0.1, 0.15) is 23.2 Å². The van der Waals surface area contributed by atoms with Crippen LogP contribution in [0.5, 0.6) is 0 Å². The molecule has 0 bridgehead atoms. The van der Waals surface area contributed by atoms with Gasteiger partial charge in [0.05, 0.1) is 0 Å². The van der Waals surface area contributed by atoms with E-state index in [0.29, 0.717) is 24.2 Å². The Morgan fingerprint density at radius 2 is 1.64 bits per heavy atom. The first-order valence-corrected chi connectivity index (χ1v) is 7.75. The van der Waals surface area contributed by atoms with Crippen molar-refractivity contribution in [2.75, 3.05) is 13.1 Å². The molecule has 2 N–H and O–H groups in total. The van der Waals surface area contributed by atoms with Gasteiger partial charge in [0.25, 0.3) is 5.91 Å². The van der Waals surface area contributed by atoms with Crippen LogP contribution >= 0.6 is 12.4 Å². The highest BCUT2D eigenvalue weighted by Gasteiger charge is 2.22. The van der Waals surface area contributed by atoms with Gasteiger partial charge in [0.15, 0.2) is 17.5 Å². The van der Waals surface area contributed by atoms with E-state index in [0.717, 1.165) is 25.0 Å². The zero-order valence-electron chi connectivity index (χ0n) is 13.3. The van der Waals surface area contributed by atoms with Crippen molar-refractivity contribution in [1.29, 1.82) is 0 Å². The van der Waals surface area contributed by atoms with Gasteiger partial charge in [-0.1, -0.05) is 12.1 Å². The Labute approximate surface area is 150 Å². The summed E-state index contributed by atoms with van der Waals surface area (Å²) in [6.45, 7) is 1.19. The van der Waals surface area contributed by atoms with E-state index in [1.165, 1.54) is 0 Å². The predicted octanol–water partition coefficient (Wildman–Crippen LogP) is 3.76. The summed E-state index contributed by atoms with van der Waals surface area (Å²) in [5, 5.41) is 0. The van der Waals surface area contributed by atoms with Gasteiger partial charge in [-0.15, -0.1) is 12.4 Å². The van der Waals surface area contributed by atoms with Gasteiger partial charge >= 0.3 is 0 Å². The molecule has 1 amide bonds. The first-order valence-electron chi connectivity index (χ1n) is 7.75. The van der Waals surface area contributed by atoms with Crippen LogP contribution in [0.4, 0.5) is 13.2 Å². The van der Waals surface area contributed by atoms with Crippen LogP contribution < -0.4 is 5.73 Å². The molecule has 0 spiro atoms. The van der Waals surface area contributed by atoms with E-state index in [1.54, 1.807) is 29.2 Å². The standard InChI is InChI=1S/C18H17F3N2O.ClH/c19-15-8-13(9-16(20)17(15)21)11-3-5-12(6-4-11)18(24)23-7-1-2-14(22)10-23;/h3-6,8-9,14H,1-2,7,10,22H2;1H. The topological polar surface area (TPSA) is 46.3 Å². The molecule has 1 unspecified atom stereocenters. The van der Waals surface area contributed by atoms with E-state index in [2.05, 4.69) is 0 Å². The highest BCUT2D eigenvalue weighted by Crippen LogP contribution is 2.24. The molecule has 1 aliphatic heterocycles. The molecule has 1 fully saturated rings. The first-order chi connectivity index (χ1) is 11.5. The van der Waals surface area contributed by atoms with Gasteiger partial charge in [0, 0.05) is 24.7 Å². The molecule has 1 saturated heterocycles. The molecular weight excluding hydrogens is 353 g/mol. The summed E-state index contributed by atoms with van der Waals surface area (Å²) in [6.07, 6.45) is 1.78. The lowest BCUT2D eigenvalue weighted by molar-refractivity contribution is 0.0709. The maximum Gasteiger partial charge on any atom is 0.253 e. The lowest BCUT2D eigenvalue weighted by atomic mass is 10.0. The SMILES string of the molecule is Cl.NC1CCCN(C(=O)c2ccc(-c3cc(F)c(F)c(F)c3)cc2)C1. The fourth-order valence-corrected chi connectivity index (χ4v) is 2.90. The zero-order valence-corrected chi connectivity index (χ0v) is 14.2. The van der Waals surface area contributed by atoms with Crippen molar-refractivity contribution in [3.05, 3.63) is 59.4 Å². The molecule has 0 aliphatic carbocycles. The van der Waals surface area contributed by atoms with Crippen molar-refractivity contribution in [2.24, 2.45) is 5.73 Å². The van der Waals surface area contributed by atoms with Crippen LogP contribution in [0.3, 0.4) is 0 Å². The summed E-state index contributed by atoms with van der Waals surface area (Å²) >= 11 is 0. The van der Waals surface area contributed by atoms with Gasteiger partial charge in [-0.05, 0) is 48.2 Å². The second-order valence-electron chi connectivity index (χ2n) is 5.98. The summed E-state index contributed by atoms with van der Waals surface area (Å²) in [5.74, 6) is -4.10. The molecule has 2 aromatic carbocycles. The van der Waals surface area contributed by atoms with Crippen molar-refractivity contribution < 1.29 is 18.0 Å². The third-order valence-electron chi connectivity index (χ3n) is 4.19. The minimum absolute atomic E-state index is 0. The summed E-state index contributed by atoms with van der Waals surface area (Å²) in [4.78, 5) is 14.2. The lowest BCUT2D eigenvalue weighted by Gasteiger charge is -2.30. The molecule has 25 heavy (non-hydrogen) atoms. The average molecular weight is 371 g/mol. The van der Waals surface area contributed by atoms with Gasteiger partial charge in [-0.25, -0.2) is 13.2 Å². The van der Waals surface area contributed by atoms with E-state index in [9.17, 15) is 18.0 Å². The summed E-state index contributed by atoms with van der Waals surface area (Å²) in [5.41, 5.74) is 7.08. The van der Waals surface area contributed by atoms with Gasteiger partial charge in [-0.3, -0.25) is 4.79 Å². The zero-order chi connectivity index (χ0) is 17.3. The Kier molecular flexibility index (Phi) is 6.08. The molecule has 1 heterocycles. The molecule has 134 valence electrons. The maximum atomic E-state index is 13.3. The number of carbonyl (C=O) groups is 1. The summed E-state index contributed by atoms with van der Waals surface area (Å²) in [7, 11) is 0. The summed E-state index contributed by atoms with van der Waals surface area (Å²) in [6, 6.07) is 8.21. The van der Waals surface area contributed by atoms with Gasteiger partial charge in [-0.2, -0.15) is 0 Å². The Morgan fingerprint density at radius 1 is 1.04 bits per heavy atom. The van der Waals surface area contributed by atoms with E-state index < -0.39 is 17.5 Å². The van der Waals surface area contributed by atoms with Crippen LogP contribution in [0.25, 0.3) is 11.1 Å². The fraction of sp³-hybridized carbons (Fsp3) is 0.278. The quantitative estimate of drug-likeness (QED) is 0.818. The van der Waals surface area contributed by atoms with Crippen molar-refractivity contribution >= 4 is 18.3 Å². The molecule has 0 saturated carbocycles. The molecule has 0 aromatic heterocycles. The number of nitrogens with zero attached hydrogens (tertiary/aromatic N) is 1. The van der Waals surface area contributed by atoms with Crippen molar-refractivity contribution in [1.82, 2.24) is 4.90 Å². The number of hydrogen-bond acceptors (Lipinski definition) is 2. The molecule has 3 nitrogen and oxygen atoms in total. The van der Waals surface area contributed by atoms with E-state index in [4.69, 9.17) is 5.73 Å². The van der Waals surface area contributed by atoms with Crippen molar-refractivity contribution in [2.45, 2.75) is 18.9 Å². The number of likely N-dealkylation sites (tertiary alicyclic amines) is 1. The van der Waals surface area contributed by atoms with Crippen LogP contribution in [0.2, 0.25) is 0 Å². The van der Waals surface area contributed by atoms with Gasteiger partial charge in [0.2, 0.25) is 0 Å². The minimum atomic E-state index is -1.49. The Hall–Kier alpha value is -2.05. The predicted molar refractivity (Wildman–Crippen MR) is 92.1 cm³/mol. The van der Waals surface area contributed by atoms with E-state index >= 15 is 0 Å². The number of piperidine rings is 1. The van der Waals surface area contributed by atoms with Crippen LogP contribution in [-0.2, 0) is 0 Å². The molecular formula is C18H18ClF3N2O. The molecule has 7 heteroatoms. The minimum Gasteiger partial charge on any atom is -0.337 e. The highest BCUT2D eigenvalue weighted by atomic mass is 35.5. The Balaban J connectivity index is 0.00000225. The monoisotopic (exact) mass is 370 g/mol. The summed E-state index contributed by atoms with van der Waals surface area (Å²) < 4.78 is 39.7. The highest BCUT2D eigenvalue weighted by molar-refractivity contribution is 5.94. The third-order valence-corrected chi connectivity index (χ3v) is 4.19. The second-order valence-corrected chi connectivity index (χ2v) is 5.98. The average Bonchev–Trinajstić information content (AvgIpc) is 2.59. The molecule has 2 aromatic rings. The number of halogens is 4. The first kappa shape index (κ1) is 19.3. The number of amides is 1. The number of hydrogen-bond donors (Lipinski definition) is 1. The third kappa shape index (κ3) is 4.14. The van der Waals surface area contributed by atoms with Crippen LogP contribution in [0, 0.1) is 17.5 Å². The van der Waals surface area contributed by atoms with Crippen molar-refractivity contribution in [3.8, 4) is 11.1 Å². The molecule has 0 radical (unpaired) electrons. The number of nitrogens with two attached hydrogens (primary N) is 1. The van der Waals surface area contributed by atoms with Crippen molar-refractivity contribution in [3.63, 3.8) is 0 Å². The Bertz CT molecular complexity index is 744.